The van der Waals surface area contributed by atoms with Gasteiger partial charge in [0, 0.05) is 0 Å². The molecule has 0 fully saturated rings. The quantitative estimate of drug-likeness (QED) is 0.434. The molecule has 6 nitrogen and oxygen atoms in total. The largest absolute Gasteiger partial charge is 0.480 e. The summed E-state index contributed by atoms with van der Waals surface area (Å²) in [7, 11) is 0. The number of nitrogens with one attached hydrogen (secondary N) is 1. The third-order valence-corrected chi connectivity index (χ3v) is 2.41. The predicted molar refractivity (Wildman–Crippen MR) is 57.6 cm³/mol. The Labute approximate surface area is 92.2 Å². The first-order chi connectivity index (χ1) is 7.02. The van der Waals surface area contributed by atoms with Gasteiger partial charge >= 0.3 is 5.97 Å². The number of rotatable bonds is 7. The predicted octanol–water partition coefficient (Wildman–Crippen LogP) is -1.37. The molecule has 2 atom stereocenters. The lowest BCUT2D eigenvalue weighted by Crippen LogP contribution is -2.50. The normalized spacial score (nSPS) is 14.3. The van der Waals surface area contributed by atoms with Crippen LogP contribution in [0, 0.1) is 0 Å². The van der Waals surface area contributed by atoms with E-state index in [1.807, 2.05) is 6.26 Å². The highest BCUT2D eigenvalue weighted by molar-refractivity contribution is 7.98. The fourth-order valence-corrected chi connectivity index (χ4v) is 1.33. The molecule has 0 aliphatic rings. The third-order valence-electron chi connectivity index (χ3n) is 1.77. The van der Waals surface area contributed by atoms with Gasteiger partial charge in [0.1, 0.15) is 6.04 Å². The minimum atomic E-state index is -1.28. The fraction of sp³-hybridized carbons (Fsp3) is 0.750. The molecule has 0 aromatic carbocycles. The number of aliphatic carboxylic acids is 1. The van der Waals surface area contributed by atoms with Crippen molar-refractivity contribution in [1.29, 1.82) is 0 Å². The number of aliphatic hydroxyl groups excluding tert-OH is 1. The molecule has 88 valence electrons. The highest BCUT2D eigenvalue weighted by atomic mass is 32.2. The first kappa shape index (κ1) is 14.2. The second-order valence-corrected chi connectivity index (χ2v) is 3.96. The van der Waals surface area contributed by atoms with Gasteiger partial charge in [-0.25, -0.2) is 4.79 Å². The van der Waals surface area contributed by atoms with Crippen LogP contribution in [0.15, 0.2) is 0 Å². The Balaban J connectivity index is 4.04. The number of carboxylic acid groups (broad SMARTS) is 1. The van der Waals surface area contributed by atoms with Gasteiger partial charge in [-0.15, -0.1) is 0 Å². The van der Waals surface area contributed by atoms with E-state index >= 15 is 0 Å². The van der Waals surface area contributed by atoms with Crippen LogP contribution in [0.1, 0.15) is 6.42 Å². The second-order valence-electron chi connectivity index (χ2n) is 2.97. The standard InChI is InChI=1S/C8H16N2O4S/c1-15-3-2-5(9)7(12)10-6(4-11)8(13)14/h5-6,11H,2-4,9H2,1H3,(H,10,12)(H,13,14)/t5-,6-/m1/s1. The highest BCUT2D eigenvalue weighted by Crippen LogP contribution is 1.99. The van der Waals surface area contributed by atoms with Crippen LogP contribution in [-0.4, -0.2) is 52.8 Å². The molecule has 0 spiro atoms. The molecule has 0 bridgehead atoms. The van der Waals surface area contributed by atoms with Crippen LogP contribution in [0.5, 0.6) is 0 Å². The first-order valence-corrected chi connectivity index (χ1v) is 5.80. The van der Waals surface area contributed by atoms with Gasteiger partial charge < -0.3 is 21.3 Å². The number of nitrogens with two attached hydrogens (primary N) is 1. The minimum Gasteiger partial charge on any atom is -0.480 e. The zero-order valence-corrected chi connectivity index (χ0v) is 9.29. The summed E-state index contributed by atoms with van der Waals surface area (Å²) in [6.07, 6.45) is 2.36. The average molecular weight is 236 g/mol. The number of carbonyl (C=O) groups excluding carboxylic acids is 1. The van der Waals surface area contributed by atoms with Crippen molar-refractivity contribution >= 4 is 23.6 Å². The summed E-state index contributed by atoms with van der Waals surface area (Å²) >= 11 is 1.55. The molecule has 7 heteroatoms. The summed E-state index contributed by atoms with van der Waals surface area (Å²) in [5.74, 6) is -1.10. The van der Waals surface area contributed by atoms with E-state index in [2.05, 4.69) is 5.32 Å². The van der Waals surface area contributed by atoms with Crippen molar-refractivity contribution in [3.8, 4) is 0 Å². The molecular formula is C8H16N2O4S. The van der Waals surface area contributed by atoms with E-state index in [1.54, 1.807) is 11.8 Å². The van der Waals surface area contributed by atoms with Crippen LogP contribution < -0.4 is 11.1 Å². The van der Waals surface area contributed by atoms with Crippen LogP contribution in [0.25, 0.3) is 0 Å². The Hall–Kier alpha value is -0.790. The zero-order valence-electron chi connectivity index (χ0n) is 8.47. The van der Waals surface area contributed by atoms with E-state index in [0.29, 0.717) is 6.42 Å². The number of carboxylic acids is 1. The fourth-order valence-electron chi connectivity index (χ4n) is 0.840. The van der Waals surface area contributed by atoms with Gasteiger partial charge in [0.15, 0.2) is 0 Å². The van der Waals surface area contributed by atoms with Crippen LogP contribution in [0.4, 0.5) is 0 Å². The van der Waals surface area contributed by atoms with Gasteiger partial charge in [-0.2, -0.15) is 11.8 Å². The van der Waals surface area contributed by atoms with Crippen molar-refractivity contribution < 1.29 is 19.8 Å². The van der Waals surface area contributed by atoms with E-state index in [9.17, 15) is 9.59 Å². The molecule has 0 rings (SSSR count). The maximum Gasteiger partial charge on any atom is 0.328 e. The van der Waals surface area contributed by atoms with Gasteiger partial charge in [0.2, 0.25) is 5.91 Å². The SMILES string of the molecule is CSCC[C@@H](N)C(=O)N[C@H](CO)C(=O)O. The first-order valence-electron chi connectivity index (χ1n) is 4.41. The number of hydrogen-bond acceptors (Lipinski definition) is 5. The lowest BCUT2D eigenvalue weighted by atomic mass is 10.2. The molecule has 5 N–H and O–H groups in total. The Morgan fingerprint density at radius 3 is 2.53 bits per heavy atom. The minimum absolute atomic E-state index is 0.477. The van der Waals surface area contributed by atoms with Crippen LogP contribution in [0.3, 0.4) is 0 Å². The molecule has 15 heavy (non-hydrogen) atoms. The summed E-state index contributed by atoms with van der Waals surface area (Å²) in [6.45, 7) is -0.643. The van der Waals surface area contributed by atoms with Crippen molar-refractivity contribution in [2.45, 2.75) is 18.5 Å². The van der Waals surface area contributed by atoms with Crippen molar-refractivity contribution in [3.63, 3.8) is 0 Å². The van der Waals surface area contributed by atoms with Crippen LogP contribution in [0.2, 0.25) is 0 Å². The number of thioether (sulfide) groups is 1. The van der Waals surface area contributed by atoms with E-state index in [0.717, 1.165) is 5.75 Å². The molecule has 0 aliphatic heterocycles. The smallest absolute Gasteiger partial charge is 0.328 e. The van der Waals surface area contributed by atoms with E-state index in [-0.39, 0.29) is 0 Å². The van der Waals surface area contributed by atoms with E-state index < -0.39 is 30.6 Å². The summed E-state index contributed by atoms with van der Waals surface area (Å²) in [6, 6.07) is -2.01. The van der Waals surface area contributed by atoms with Gasteiger partial charge in [-0.1, -0.05) is 0 Å². The molecule has 0 radical (unpaired) electrons. The van der Waals surface area contributed by atoms with Gasteiger partial charge in [0.05, 0.1) is 12.6 Å². The summed E-state index contributed by atoms with van der Waals surface area (Å²) in [4.78, 5) is 21.8. The van der Waals surface area contributed by atoms with Crippen molar-refractivity contribution in [3.05, 3.63) is 0 Å². The summed E-state index contributed by atoms with van der Waals surface area (Å²) < 4.78 is 0. The number of aliphatic hydroxyl groups is 1. The van der Waals surface area contributed by atoms with Crippen molar-refractivity contribution in [1.82, 2.24) is 5.32 Å². The number of hydrogen-bond donors (Lipinski definition) is 4. The average Bonchev–Trinajstić information content (AvgIpc) is 2.21. The molecule has 1 amide bonds. The van der Waals surface area contributed by atoms with Crippen molar-refractivity contribution in [2.75, 3.05) is 18.6 Å². The third kappa shape index (κ3) is 5.60. The molecule has 0 aromatic heterocycles. The van der Waals surface area contributed by atoms with Gasteiger partial charge in [0.25, 0.3) is 0 Å². The summed E-state index contributed by atoms with van der Waals surface area (Å²) in [5.41, 5.74) is 5.51. The lowest BCUT2D eigenvalue weighted by Gasteiger charge is -2.15. The van der Waals surface area contributed by atoms with Crippen LogP contribution >= 0.6 is 11.8 Å². The van der Waals surface area contributed by atoms with Crippen LogP contribution in [-0.2, 0) is 9.59 Å². The Bertz CT molecular complexity index is 225. The molecular weight excluding hydrogens is 220 g/mol. The highest BCUT2D eigenvalue weighted by Gasteiger charge is 2.21. The topological polar surface area (TPSA) is 113 Å². The Morgan fingerprint density at radius 2 is 2.13 bits per heavy atom. The van der Waals surface area contributed by atoms with E-state index in [1.165, 1.54) is 0 Å². The molecule has 0 heterocycles. The summed E-state index contributed by atoms with van der Waals surface area (Å²) in [5, 5.41) is 19.4. The Morgan fingerprint density at radius 1 is 1.53 bits per heavy atom. The van der Waals surface area contributed by atoms with Gasteiger partial charge in [-0.05, 0) is 18.4 Å². The Kier molecular flexibility index (Phi) is 7.10. The maximum absolute atomic E-state index is 11.3. The zero-order chi connectivity index (χ0) is 11.8. The monoisotopic (exact) mass is 236 g/mol. The lowest BCUT2D eigenvalue weighted by molar-refractivity contribution is -0.143. The second kappa shape index (κ2) is 7.49. The van der Waals surface area contributed by atoms with Crippen molar-refractivity contribution in [2.24, 2.45) is 5.73 Å². The maximum atomic E-state index is 11.3. The molecule has 0 aromatic rings. The van der Waals surface area contributed by atoms with Gasteiger partial charge in [-0.3, -0.25) is 4.79 Å². The molecule has 0 unspecified atom stereocenters. The molecule has 0 saturated carbocycles. The molecule has 0 aliphatic carbocycles. The number of amides is 1. The van der Waals surface area contributed by atoms with E-state index in [4.69, 9.17) is 15.9 Å². The number of carbonyl (C=O) groups is 2. The molecule has 0 saturated heterocycles.